The summed E-state index contributed by atoms with van der Waals surface area (Å²) in [6.45, 7) is 5.38. The summed E-state index contributed by atoms with van der Waals surface area (Å²) in [5.74, 6) is -0.620. The lowest BCUT2D eigenvalue weighted by molar-refractivity contribution is -0.123. The Balaban J connectivity index is 2.19. The minimum absolute atomic E-state index is 0.0133. The van der Waals surface area contributed by atoms with E-state index in [1.54, 1.807) is 38.1 Å². The van der Waals surface area contributed by atoms with Crippen molar-refractivity contribution in [2.24, 2.45) is 0 Å². The van der Waals surface area contributed by atoms with Gasteiger partial charge in [-0.1, -0.05) is 13.8 Å². The van der Waals surface area contributed by atoms with Crippen molar-refractivity contribution in [3.05, 3.63) is 48.0 Å². The van der Waals surface area contributed by atoms with Gasteiger partial charge in [-0.15, -0.1) is 0 Å². The van der Waals surface area contributed by atoms with Crippen molar-refractivity contribution >= 4 is 27.6 Å². The van der Waals surface area contributed by atoms with E-state index in [0.29, 0.717) is 11.4 Å². The number of esters is 1. The van der Waals surface area contributed by atoms with Gasteiger partial charge in [-0.3, -0.25) is 4.79 Å². The molecule has 1 amide bonds. The molecule has 1 N–H and O–H groups in total. The highest BCUT2D eigenvalue weighted by Gasteiger charge is 2.28. The summed E-state index contributed by atoms with van der Waals surface area (Å²) in [5.41, 5.74) is 0.497. The van der Waals surface area contributed by atoms with Gasteiger partial charge < -0.3 is 19.5 Å². The Hall–Kier alpha value is -3.11. The second-order valence-electron chi connectivity index (χ2n) is 6.72. The summed E-state index contributed by atoms with van der Waals surface area (Å²) in [6, 6.07) is 10.6. The Morgan fingerprint density at radius 1 is 1.00 bits per heavy atom. The number of ether oxygens (including phenoxy) is 3. The first-order valence-electron chi connectivity index (χ1n) is 10.0. The topological polar surface area (TPSA) is 111 Å². The van der Waals surface area contributed by atoms with E-state index in [-0.39, 0.29) is 29.3 Å². The molecule has 2 rings (SSSR count). The molecule has 0 fully saturated rings. The smallest absolute Gasteiger partial charge is 0.338 e. The summed E-state index contributed by atoms with van der Waals surface area (Å²) in [7, 11) is -0.998. The Bertz CT molecular complexity index is 1050. The molecule has 2 aromatic rings. The summed E-state index contributed by atoms with van der Waals surface area (Å²) in [6.07, 6.45) is -1.12. The zero-order valence-electron chi connectivity index (χ0n) is 18.7. The molecule has 9 nitrogen and oxygen atoms in total. The number of hydrogen-bond acceptors (Lipinski definition) is 7. The minimum Gasteiger partial charge on any atom is -0.497 e. The van der Waals surface area contributed by atoms with Gasteiger partial charge in [0.15, 0.2) is 6.10 Å². The third kappa shape index (κ3) is 5.77. The molecule has 0 saturated heterocycles. The summed E-state index contributed by atoms with van der Waals surface area (Å²) in [4.78, 5) is 24.9. The molecular weight excluding hydrogens is 436 g/mol. The summed E-state index contributed by atoms with van der Waals surface area (Å²) < 4.78 is 42.6. The van der Waals surface area contributed by atoms with Crippen LogP contribution in [0.2, 0.25) is 0 Å². The number of methoxy groups -OCH3 is 2. The molecule has 0 heterocycles. The Morgan fingerprint density at radius 3 is 2.16 bits per heavy atom. The maximum absolute atomic E-state index is 12.9. The van der Waals surface area contributed by atoms with Crippen LogP contribution in [0.3, 0.4) is 0 Å². The fourth-order valence-electron chi connectivity index (χ4n) is 2.91. The lowest BCUT2D eigenvalue weighted by Gasteiger charge is -2.20. The van der Waals surface area contributed by atoms with Gasteiger partial charge in [0.2, 0.25) is 10.0 Å². The van der Waals surface area contributed by atoms with Crippen molar-refractivity contribution in [3.8, 4) is 11.5 Å². The Labute approximate surface area is 188 Å². The monoisotopic (exact) mass is 464 g/mol. The van der Waals surface area contributed by atoms with E-state index in [9.17, 15) is 18.0 Å². The number of benzene rings is 2. The molecule has 10 heteroatoms. The normalized spacial score (nSPS) is 12.2. The average molecular weight is 465 g/mol. The fourth-order valence-corrected chi connectivity index (χ4v) is 4.55. The minimum atomic E-state index is -3.88. The zero-order chi connectivity index (χ0) is 23.9. The van der Waals surface area contributed by atoms with E-state index in [1.165, 1.54) is 43.6 Å². The van der Waals surface area contributed by atoms with Gasteiger partial charge >= 0.3 is 5.97 Å². The van der Waals surface area contributed by atoms with Crippen LogP contribution in [-0.4, -0.2) is 58.0 Å². The van der Waals surface area contributed by atoms with Crippen molar-refractivity contribution in [2.45, 2.75) is 31.8 Å². The number of carbonyl (C=O) groups is 2. The molecule has 0 saturated carbocycles. The highest BCUT2D eigenvalue weighted by molar-refractivity contribution is 7.89. The van der Waals surface area contributed by atoms with Crippen molar-refractivity contribution < 1.29 is 32.2 Å². The molecule has 174 valence electrons. The first kappa shape index (κ1) is 25.2. The number of hydrogen-bond donors (Lipinski definition) is 1. The lowest BCUT2D eigenvalue weighted by atomic mass is 10.2. The van der Waals surface area contributed by atoms with Crippen LogP contribution in [0.1, 0.15) is 31.1 Å². The number of nitrogens with zero attached hydrogens (tertiary/aromatic N) is 1. The third-order valence-electron chi connectivity index (χ3n) is 4.73. The van der Waals surface area contributed by atoms with Gasteiger partial charge in [-0.05, 0) is 49.4 Å². The Morgan fingerprint density at radius 2 is 1.62 bits per heavy atom. The van der Waals surface area contributed by atoms with Gasteiger partial charge in [-0.2, -0.15) is 4.31 Å². The van der Waals surface area contributed by atoms with E-state index >= 15 is 0 Å². The molecule has 0 aromatic heterocycles. The molecule has 1 atom stereocenters. The highest BCUT2D eigenvalue weighted by Crippen LogP contribution is 2.28. The third-order valence-corrected chi connectivity index (χ3v) is 6.80. The van der Waals surface area contributed by atoms with Crippen LogP contribution in [0.5, 0.6) is 11.5 Å². The highest BCUT2D eigenvalue weighted by atomic mass is 32.2. The van der Waals surface area contributed by atoms with E-state index < -0.39 is 28.0 Å². The quantitative estimate of drug-likeness (QED) is 0.538. The van der Waals surface area contributed by atoms with Crippen LogP contribution in [-0.2, 0) is 19.6 Å². The van der Waals surface area contributed by atoms with Crippen molar-refractivity contribution in [1.82, 2.24) is 4.31 Å². The second kappa shape index (κ2) is 11.0. The standard InChI is InChI=1S/C22H28N2O7S/c1-6-24(7-2)32(27,28)20-14-16(8-13-19(20)30-5)22(26)31-15(3)21(25)23-17-9-11-18(29-4)12-10-17/h8-15H,6-7H2,1-5H3,(H,23,25). The van der Waals surface area contributed by atoms with Crippen LogP contribution in [0.15, 0.2) is 47.4 Å². The first-order chi connectivity index (χ1) is 15.2. The summed E-state index contributed by atoms with van der Waals surface area (Å²) >= 11 is 0. The molecule has 0 spiro atoms. The van der Waals surface area contributed by atoms with Crippen LogP contribution >= 0.6 is 0 Å². The molecule has 1 unspecified atom stereocenters. The predicted molar refractivity (Wildman–Crippen MR) is 120 cm³/mol. The molecule has 0 bridgehead atoms. The SMILES string of the molecule is CCN(CC)S(=O)(=O)c1cc(C(=O)OC(C)C(=O)Nc2ccc(OC)cc2)ccc1OC. The fraction of sp³-hybridized carbons (Fsp3) is 0.364. The van der Waals surface area contributed by atoms with Crippen molar-refractivity contribution in [2.75, 3.05) is 32.6 Å². The first-order valence-corrected chi connectivity index (χ1v) is 11.5. The number of amides is 1. The van der Waals surface area contributed by atoms with Gasteiger partial charge in [0, 0.05) is 18.8 Å². The average Bonchev–Trinajstić information content (AvgIpc) is 2.79. The lowest BCUT2D eigenvalue weighted by Crippen LogP contribution is -2.31. The largest absolute Gasteiger partial charge is 0.497 e. The number of sulfonamides is 1. The number of nitrogens with one attached hydrogen (secondary N) is 1. The van der Waals surface area contributed by atoms with Crippen molar-refractivity contribution in [1.29, 1.82) is 0 Å². The van der Waals surface area contributed by atoms with Gasteiger partial charge in [-0.25, -0.2) is 13.2 Å². The second-order valence-corrected chi connectivity index (χ2v) is 8.63. The molecule has 32 heavy (non-hydrogen) atoms. The van der Waals surface area contributed by atoms with Crippen LogP contribution < -0.4 is 14.8 Å². The Kier molecular flexibility index (Phi) is 8.62. The molecule has 0 aliphatic heterocycles. The summed E-state index contributed by atoms with van der Waals surface area (Å²) in [5, 5.41) is 2.64. The van der Waals surface area contributed by atoms with Gasteiger partial charge in [0.1, 0.15) is 16.4 Å². The molecule has 0 radical (unpaired) electrons. The van der Waals surface area contributed by atoms with Gasteiger partial charge in [0.05, 0.1) is 19.8 Å². The van der Waals surface area contributed by atoms with Crippen molar-refractivity contribution in [3.63, 3.8) is 0 Å². The van der Waals surface area contributed by atoms with Crippen LogP contribution in [0.4, 0.5) is 5.69 Å². The maximum atomic E-state index is 12.9. The molecule has 0 aliphatic rings. The number of carbonyl (C=O) groups excluding carboxylic acids is 2. The van der Waals surface area contributed by atoms with Crippen LogP contribution in [0, 0.1) is 0 Å². The molecular formula is C22H28N2O7S. The maximum Gasteiger partial charge on any atom is 0.338 e. The molecule has 0 aliphatic carbocycles. The van der Waals surface area contributed by atoms with E-state index in [0.717, 1.165) is 0 Å². The van der Waals surface area contributed by atoms with Gasteiger partial charge in [0.25, 0.3) is 5.91 Å². The predicted octanol–water partition coefficient (Wildman–Crippen LogP) is 2.92. The van der Waals surface area contributed by atoms with Crippen LogP contribution in [0.25, 0.3) is 0 Å². The van der Waals surface area contributed by atoms with E-state index in [1.807, 2.05) is 0 Å². The number of rotatable bonds is 10. The molecule has 2 aromatic carbocycles. The number of anilines is 1. The van der Waals surface area contributed by atoms with E-state index in [4.69, 9.17) is 14.2 Å². The van der Waals surface area contributed by atoms with E-state index in [2.05, 4.69) is 5.32 Å². The zero-order valence-corrected chi connectivity index (χ0v) is 19.6.